The van der Waals surface area contributed by atoms with E-state index in [0.717, 1.165) is 6.07 Å². The number of nitrogens with one attached hydrogen (secondary N) is 1. The molecule has 1 saturated heterocycles. The zero-order chi connectivity index (χ0) is 15.5. The van der Waals surface area contributed by atoms with Gasteiger partial charge in [-0.1, -0.05) is 11.8 Å². The summed E-state index contributed by atoms with van der Waals surface area (Å²) in [5.41, 5.74) is 4.91. The molecule has 3 N–H and O–H groups in total. The molecule has 0 aromatic heterocycles. The number of hydrogen-bond acceptors (Lipinski definition) is 4. The minimum Gasteiger partial charge on any atom is -0.379 e. The van der Waals surface area contributed by atoms with Gasteiger partial charge in [0.15, 0.2) is 0 Å². The maximum atomic E-state index is 14.0. The second-order valence-corrected chi connectivity index (χ2v) is 6.77. The maximum Gasteiger partial charge on any atom is 0.244 e. The van der Waals surface area contributed by atoms with Gasteiger partial charge in [0.1, 0.15) is 10.7 Å². The molecule has 2 rings (SSSR count). The minimum absolute atomic E-state index is 0.154. The average molecular weight is 312 g/mol. The fourth-order valence-electron chi connectivity index (χ4n) is 2.08. The van der Waals surface area contributed by atoms with Crippen LogP contribution >= 0.6 is 0 Å². The quantitative estimate of drug-likeness (QED) is 0.801. The Hall–Kier alpha value is -1.46. The summed E-state index contributed by atoms with van der Waals surface area (Å²) < 4.78 is 46.3. The monoisotopic (exact) mass is 312 g/mol. The first-order valence-electron chi connectivity index (χ1n) is 6.46. The summed E-state index contributed by atoms with van der Waals surface area (Å²) in [6.07, 6.45) is 0.550. The molecular weight excluding hydrogens is 295 g/mol. The Bertz CT molecular complexity index is 686. The van der Waals surface area contributed by atoms with Gasteiger partial charge in [-0.3, -0.25) is 0 Å². The average Bonchev–Trinajstić information content (AvgIpc) is 2.81. The lowest BCUT2D eigenvalue weighted by atomic mass is 10.0. The lowest BCUT2D eigenvalue weighted by Gasteiger charge is -2.23. The van der Waals surface area contributed by atoms with Crippen LogP contribution < -0.4 is 10.5 Å². The number of nitrogens with two attached hydrogens (primary N) is 1. The van der Waals surface area contributed by atoms with Crippen molar-refractivity contribution in [2.45, 2.75) is 23.8 Å². The third kappa shape index (κ3) is 3.80. The highest BCUT2D eigenvalue weighted by atomic mass is 32.2. The van der Waals surface area contributed by atoms with Gasteiger partial charge in [0.25, 0.3) is 0 Å². The Morgan fingerprint density at radius 1 is 1.52 bits per heavy atom. The summed E-state index contributed by atoms with van der Waals surface area (Å²) in [6, 6.07) is 3.75. The molecule has 1 aliphatic rings. The van der Waals surface area contributed by atoms with Gasteiger partial charge in [-0.05, 0) is 31.5 Å². The van der Waals surface area contributed by atoms with Gasteiger partial charge in [0, 0.05) is 12.2 Å². The van der Waals surface area contributed by atoms with Gasteiger partial charge < -0.3 is 10.5 Å². The fourth-order valence-corrected chi connectivity index (χ4v) is 3.56. The van der Waals surface area contributed by atoms with E-state index >= 15 is 0 Å². The van der Waals surface area contributed by atoms with E-state index in [0.29, 0.717) is 18.6 Å². The minimum atomic E-state index is -3.95. The standard InChI is InChI=1S/C14H17FN2O3S/c1-14(6-8-20-10-14)17-21(18,19)13-5-4-11(3-2-7-16)9-12(13)15/h4-5,9,17H,6-8,10,16H2,1H3. The largest absolute Gasteiger partial charge is 0.379 e. The third-order valence-corrected chi connectivity index (χ3v) is 4.83. The van der Waals surface area contributed by atoms with E-state index in [1.54, 1.807) is 6.92 Å². The molecule has 7 heteroatoms. The van der Waals surface area contributed by atoms with Crippen molar-refractivity contribution < 1.29 is 17.5 Å². The molecule has 114 valence electrons. The summed E-state index contributed by atoms with van der Waals surface area (Å²) in [7, 11) is -3.95. The first kappa shape index (κ1) is 15.9. The first-order valence-corrected chi connectivity index (χ1v) is 7.95. The van der Waals surface area contributed by atoms with Crippen molar-refractivity contribution in [2.75, 3.05) is 19.8 Å². The fraction of sp³-hybridized carbons (Fsp3) is 0.429. The van der Waals surface area contributed by atoms with Gasteiger partial charge in [0.2, 0.25) is 10.0 Å². The Morgan fingerprint density at radius 2 is 2.29 bits per heavy atom. The van der Waals surface area contributed by atoms with Crippen LogP contribution in [0.3, 0.4) is 0 Å². The molecule has 0 saturated carbocycles. The predicted octanol–water partition coefficient (Wildman–Crippen LogP) is 0.593. The number of halogens is 1. The van der Waals surface area contributed by atoms with E-state index in [1.807, 2.05) is 0 Å². The van der Waals surface area contributed by atoms with Crippen LogP contribution in [0.1, 0.15) is 18.9 Å². The molecule has 0 radical (unpaired) electrons. The van der Waals surface area contributed by atoms with Crippen molar-refractivity contribution in [3.63, 3.8) is 0 Å². The summed E-state index contributed by atoms with van der Waals surface area (Å²) in [5.74, 6) is 4.40. The van der Waals surface area contributed by atoms with Crippen LogP contribution in [0, 0.1) is 17.7 Å². The lowest BCUT2D eigenvalue weighted by Crippen LogP contribution is -2.46. The molecule has 0 amide bonds. The number of sulfonamides is 1. The van der Waals surface area contributed by atoms with E-state index in [-0.39, 0.29) is 13.2 Å². The summed E-state index contributed by atoms with van der Waals surface area (Å²) in [4.78, 5) is -0.395. The lowest BCUT2D eigenvalue weighted by molar-refractivity contribution is 0.178. The highest BCUT2D eigenvalue weighted by Crippen LogP contribution is 2.23. The van der Waals surface area contributed by atoms with Crippen molar-refractivity contribution in [2.24, 2.45) is 5.73 Å². The summed E-state index contributed by atoms with van der Waals surface area (Å²) in [6.45, 7) is 2.64. The number of ether oxygens (including phenoxy) is 1. The van der Waals surface area contributed by atoms with E-state index in [2.05, 4.69) is 16.6 Å². The third-order valence-electron chi connectivity index (χ3n) is 3.16. The van der Waals surface area contributed by atoms with Crippen LogP contribution in [0.2, 0.25) is 0 Å². The molecule has 0 spiro atoms. The van der Waals surface area contributed by atoms with Crippen LogP contribution in [0.4, 0.5) is 4.39 Å². The number of hydrogen-bond donors (Lipinski definition) is 2. The van der Waals surface area contributed by atoms with Crippen molar-refractivity contribution in [3.8, 4) is 11.8 Å². The van der Waals surface area contributed by atoms with Gasteiger partial charge in [0.05, 0.1) is 18.7 Å². The molecule has 5 nitrogen and oxygen atoms in total. The van der Waals surface area contributed by atoms with E-state index < -0.39 is 26.3 Å². The summed E-state index contributed by atoms with van der Waals surface area (Å²) in [5, 5.41) is 0. The molecule has 1 fully saturated rings. The molecule has 1 aromatic carbocycles. The zero-order valence-electron chi connectivity index (χ0n) is 11.6. The Morgan fingerprint density at radius 3 is 2.86 bits per heavy atom. The van der Waals surface area contributed by atoms with E-state index in [4.69, 9.17) is 10.5 Å². The second-order valence-electron chi connectivity index (χ2n) is 5.12. The molecule has 1 atom stereocenters. The van der Waals surface area contributed by atoms with Crippen molar-refractivity contribution in [1.29, 1.82) is 0 Å². The molecule has 0 aliphatic carbocycles. The molecular formula is C14H17FN2O3S. The zero-order valence-corrected chi connectivity index (χ0v) is 12.5. The summed E-state index contributed by atoms with van der Waals surface area (Å²) >= 11 is 0. The predicted molar refractivity (Wildman–Crippen MR) is 76.5 cm³/mol. The highest BCUT2D eigenvalue weighted by molar-refractivity contribution is 7.89. The van der Waals surface area contributed by atoms with Crippen LogP contribution in [0.25, 0.3) is 0 Å². The first-order chi connectivity index (χ1) is 9.86. The van der Waals surface area contributed by atoms with E-state index in [9.17, 15) is 12.8 Å². The molecule has 0 bridgehead atoms. The molecule has 1 heterocycles. The van der Waals surface area contributed by atoms with Gasteiger partial charge in [-0.2, -0.15) is 0 Å². The molecule has 1 aromatic rings. The van der Waals surface area contributed by atoms with Crippen molar-refractivity contribution >= 4 is 10.0 Å². The number of rotatable bonds is 3. The Labute approximate surface area is 123 Å². The van der Waals surface area contributed by atoms with Crippen LogP contribution in [-0.4, -0.2) is 33.7 Å². The molecule has 21 heavy (non-hydrogen) atoms. The van der Waals surface area contributed by atoms with Gasteiger partial charge in [-0.25, -0.2) is 17.5 Å². The van der Waals surface area contributed by atoms with Crippen LogP contribution in [0.15, 0.2) is 23.1 Å². The van der Waals surface area contributed by atoms with Gasteiger partial charge >= 0.3 is 0 Å². The molecule has 1 unspecified atom stereocenters. The second kappa shape index (κ2) is 6.12. The van der Waals surface area contributed by atoms with Crippen molar-refractivity contribution in [3.05, 3.63) is 29.6 Å². The highest BCUT2D eigenvalue weighted by Gasteiger charge is 2.35. The van der Waals surface area contributed by atoms with Crippen molar-refractivity contribution in [1.82, 2.24) is 4.72 Å². The van der Waals surface area contributed by atoms with Gasteiger partial charge in [-0.15, -0.1) is 0 Å². The number of benzene rings is 1. The topological polar surface area (TPSA) is 81.4 Å². The van der Waals surface area contributed by atoms with E-state index in [1.165, 1.54) is 12.1 Å². The Balaban J connectivity index is 2.28. The normalized spacial score (nSPS) is 21.9. The smallest absolute Gasteiger partial charge is 0.244 e. The molecule has 1 aliphatic heterocycles. The maximum absolute atomic E-state index is 14.0. The van der Waals surface area contributed by atoms with Crippen LogP contribution in [0.5, 0.6) is 0 Å². The SMILES string of the molecule is CC1(NS(=O)(=O)c2ccc(C#CCN)cc2F)CCOC1. The Kier molecular flexibility index (Phi) is 4.64. The van der Waals surface area contributed by atoms with Crippen LogP contribution in [-0.2, 0) is 14.8 Å².